The van der Waals surface area contributed by atoms with Gasteiger partial charge in [-0.1, -0.05) is 123 Å². The highest BCUT2D eigenvalue weighted by Crippen LogP contribution is 2.13. The number of azide groups is 4. The van der Waals surface area contributed by atoms with Crippen LogP contribution >= 0.6 is 0 Å². The van der Waals surface area contributed by atoms with Crippen LogP contribution in [0.3, 0.4) is 0 Å². The third-order valence-electron chi connectivity index (χ3n) is 4.44. The number of carbonyl (C=O) groups is 1. The molecule has 1 aliphatic rings. The van der Waals surface area contributed by atoms with Crippen LogP contribution in [0.1, 0.15) is 28.8 Å². The molecule has 194 valence electrons. The third-order valence-corrected chi connectivity index (χ3v) is 4.44. The minimum atomic E-state index is 0.512. The van der Waals surface area contributed by atoms with Gasteiger partial charge in [-0.05, 0) is 41.9 Å². The van der Waals surface area contributed by atoms with Crippen LogP contribution in [-0.4, -0.2) is 6.29 Å². The molecule has 3 aromatic carbocycles. The van der Waals surface area contributed by atoms with Crippen molar-refractivity contribution in [3.63, 3.8) is 0 Å². The second-order valence-electron chi connectivity index (χ2n) is 7.25. The Morgan fingerprint density at radius 1 is 0.641 bits per heavy atom. The van der Waals surface area contributed by atoms with E-state index in [0.717, 1.165) is 30.4 Å². The summed E-state index contributed by atoms with van der Waals surface area (Å²) in [6.45, 7) is 1.99. The van der Waals surface area contributed by atoms with Gasteiger partial charge in [-0.15, -0.1) is 0 Å². The number of aldehydes is 1. The highest BCUT2D eigenvalue weighted by molar-refractivity contribution is 5.75. The van der Waals surface area contributed by atoms with Crippen molar-refractivity contribution in [3.8, 4) is 0 Å². The predicted molar refractivity (Wildman–Crippen MR) is 151 cm³/mol. The zero-order valence-corrected chi connectivity index (χ0v) is 21.0. The van der Waals surface area contributed by atoms with Gasteiger partial charge in [0.1, 0.15) is 6.29 Å². The molecule has 0 aromatic heterocycles. The molecule has 0 radical (unpaired) electrons. The fourth-order valence-electron chi connectivity index (χ4n) is 2.61. The van der Waals surface area contributed by atoms with E-state index < -0.39 is 0 Å². The standard InChI is InChI=1S/C7H5N3O.C7H7N3.C6H7N3.C6H5N3/c8-10-9-7-3-1-6(5-11)2-4-7;1-6-2-4-7(5-3-6)9-10-8;2*7-9-8-6-4-2-1-3-5-6/h1-5H;2-5H,1H3;2,4-5H,1,3H2;1-5H. The summed E-state index contributed by atoms with van der Waals surface area (Å²) in [5.74, 6) is 0. The minimum absolute atomic E-state index is 0.512. The molecule has 0 aliphatic heterocycles. The smallest absolute Gasteiger partial charge is 0.150 e. The van der Waals surface area contributed by atoms with E-state index in [1.165, 1.54) is 0 Å². The Labute approximate surface area is 224 Å². The van der Waals surface area contributed by atoms with E-state index in [4.69, 9.17) is 22.1 Å². The van der Waals surface area contributed by atoms with E-state index in [1.54, 1.807) is 48.5 Å². The molecule has 13 heteroatoms. The van der Waals surface area contributed by atoms with Crippen LogP contribution in [0.4, 0.5) is 17.1 Å². The first-order valence-corrected chi connectivity index (χ1v) is 11.3. The highest BCUT2D eigenvalue weighted by atomic mass is 16.1. The molecule has 1 aliphatic carbocycles. The summed E-state index contributed by atoms with van der Waals surface area (Å²) >= 11 is 0. The molecule has 0 spiro atoms. The molecule has 0 amide bonds. The largest absolute Gasteiger partial charge is 0.298 e. The molecule has 0 unspecified atom stereocenters. The number of carbonyl (C=O) groups excluding carboxylic acids is 1. The van der Waals surface area contributed by atoms with Crippen molar-refractivity contribution in [1.29, 1.82) is 0 Å². The number of hydrogen-bond acceptors (Lipinski definition) is 5. The van der Waals surface area contributed by atoms with E-state index in [2.05, 4.69) is 40.1 Å². The van der Waals surface area contributed by atoms with Crippen LogP contribution in [0.25, 0.3) is 41.8 Å². The number of hydrogen-bond donors (Lipinski definition) is 0. The molecule has 0 saturated carbocycles. The van der Waals surface area contributed by atoms with E-state index >= 15 is 0 Å². The summed E-state index contributed by atoms with van der Waals surface area (Å²) in [6, 6.07) is 22.8. The second-order valence-corrected chi connectivity index (χ2v) is 7.25. The van der Waals surface area contributed by atoms with Crippen LogP contribution in [0, 0.1) is 6.92 Å². The third kappa shape index (κ3) is 14.9. The monoisotopic (exact) mass is 520 g/mol. The van der Waals surface area contributed by atoms with Crippen LogP contribution in [0.2, 0.25) is 0 Å². The van der Waals surface area contributed by atoms with Crippen molar-refractivity contribution >= 4 is 23.3 Å². The Morgan fingerprint density at radius 3 is 1.56 bits per heavy atom. The minimum Gasteiger partial charge on any atom is -0.298 e. The molecule has 0 heterocycles. The van der Waals surface area contributed by atoms with Crippen LogP contribution in [0.15, 0.2) is 123 Å². The Hall–Kier alpha value is -5.95. The first-order valence-electron chi connectivity index (χ1n) is 11.3. The van der Waals surface area contributed by atoms with Crippen LogP contribution < -0.4 is 0 Å². The van der Waals surface area contributed by atoms with Crippen LogP contribution in [-0.2, 0) is 0 Å². The molecule has 3 aromatic rings. The van der Waals surface area contributed by atoms with Gasteiger partial charge < -0.3 is 0 Å². The van der Waals surface area contributed by atoms with Crippen molar-refractivity contribution in [2.45, 2.75) is 19.8 Å². The van der Waals surface area contributed by atoms with Crippen molar-refractivity contribution < 1.29 is 4.79 Å². The summed E-state index contributed by atoms with van der Waals surface area (Å²) in [4.78, 5) is 20.7. The van der Waals surface area contributed by atoms with E-state index in [1.807, 2.05) is 55.5 Å². The lowest BCUT2D eigenvalue weighted by Gasteiger charge is -1.96. The molecular formula is C26H24N12O. The lowest BCUT2D eigenvalue weighted by molar-refractivity contribution is 0.112. The molecule has 0 N–H and O–H groups in total. The number of allylic oxidation sites excluding steroid dienone is 3. The van der Waals surface area contributed by atoms with Crippen molar-refractivity contribution in [1.82, 2.24) is 0 Å². The second kappa shape index (κ2) is 20.3. The zero-order chi connectivity index (χ0) is 28.6. The maximum absolute atomic E-state index is 10.2. The van der Waals surface area contributed by atoms with Gasteiger partial charge in [0.25, 0.3) is 0 Å². The fourth-order valence-corrected chi connectivity index (χ4v) is 2.61. The number of rotatable bonds is 5. The number of aryl methyl sites for hydroxylation is 1. The molecule has 13 nitrogen and oxygen atoms in total. The molecule has 39 heavy (non-hydrogen) atoms. The number of benzene rings is 3. The van der Waals surface area contributed by atoms with Crippen LogP contribution in [0.5, 0.6) is 0 Å². The number of nitrogens with zero attached hydrogens (tertiary/aromatic N) is 12. The highest BCUT2D eigenvalue weighted by Gasteiger charge is 1.91. The zero-order valence-electron chi connectivity index (χ0n) is 21.0. The van der Waals surface area contributed by atoms with Gasteiger partial charge in [0.2, 0.25) is 0 Å². The molecule has 0 saturated heterocycles. The summed E-state index contributed by atoms with van der Waals surface area (Å²) in [5.41, 5.74) is 36.4. The maximum atomic E-state index is 10.2. The average Bonchev–Trinajstić information content (AvgIpc) is 2.98. The Bertz CT molecular complexity index is 1420. The first-order chi connectivity index (χ1) is 19.1. The van der Waals surface area contributed by atoms with E-state index in [0.29, 0.717) is 22.6 Å². The maximum Gasteiger partial charge on any atom is 0.150 e. The SMILES string of the molecule is Cc1ccc(N=[N+]=[N-])cc1.[N-]=[N+]=NC1=CCCC=C1.[N-]=[N+]=Nc1ccc(C=O)cc1.[N-]=[N+]=Nc1ccccc1. The summed E-state index contributed by atoms with van der Waals surface area (Å²) in [5, 5.41) is 13.6. The quantitative estimate of drug-likeness (QED) is 0.136. The van der Waals surface area contributed by atoms with Crippen molar-refractivity contribution in [2.75, 3.05) is 0 Å². The summed E-state index contributed by atoms with van der Waals surface area (Å²) < 4.78 is 0. The van der Waals surface area contributed by atoms with Gasteiger partial charge in [-0.2, -0.15) is 0 Å². The molecule has 0 bridgehead atoms. The molecule has 0 atom stereocenters. The average molecular weight is 521 g/mol. The Kier molecular flexibility index (Phi) is 16.1. The normalized spacial score (nSPS) is 10.1. The Morgan fingerprint density at radius 2 is 1.13 bits per heavy atom. The Balaban J connectivity index is 0.000000261. The fraction of sp³-hybridized carbons (Fsp3) is 0.115. The van der Waals surface area contributed by atoms with Gasteiger partial charge in [-0.3, -0.25) is 4.79 Å². The summed E-state index contributed by atoms with van der Waals surface area (Å²) in [7, 11) is 0. The molecule has 4 rings (SSSR count). The first kappa shape index (κ1) is 31.1. The molecular weight excluding hydrogens is 496 g/mol. The van der Waals surface area contributed by atoms with Gasteiger partial charge >= 0.3 is 0 Å². The lowest BCUT2D eigenvalue weighted by atomic mass is 10.2. The van der Waals surface area contributed by atoms with Crippen molar-refractivity contribution in [3.05, 3.63) is 156 Å². The van der Waals surface area contributed by atoms with Gasteiger partial charge in [-0.25, -0.2) is 0 Å². The molecule has 0 fully saturated rings. The lowest BCUT2D eigenvalue weighted by Crippen LogP contribution is -1.77. The van der Waals surface area contributed by atoms with Gasteiger partial charge in [0, 0.05) is 48.0 Å². The van der Waals surface area contributed by atoms with E-state index in [-0.39, 0.29) is 0 Å². The van der Waals surface area contributed by atoms with Crippen molar-refractivity contribution in [2.24, 2.45) is 20.5 Å². The topological polar surface area (TPSA) is 212 Å². The summed E-state index contributed by atoms with van der Waals surface area (Å²) in [6.07, 6.45) is 8.56. The predicted octanol–water partition coefficient (Wildman–Crippen LogP) is 10.5. The van der Waals surface area contributed by atoms with Gasteiger partial charge in [0.05, 0.1) is 0 Å². The van der Waals surface area contributed by atoms with Gasteiger partial charge in [0.15, 0.2) is 0 Å². The van der Waals surface area contributed by atoms with E-state index in [9.17, 15) is 4.79 Å².